The average Bonchev–Trinajstić information content (AvgIpc) is 2.50. The molecular weight excluding hydrogens is 266 g/mol. The van der Waals surface area contributed by atoms with Gasteiger partial charge in [-0.2, -0.15) is 0 Å². The number of aromatic hydroxyl groups is 1. The number of carbonyl (C=O) groups is 1. The number of nitrogens with two attached hydrogens (primary N) is 1. The molecule has 0 saturated carbocycles. The van der Waals surface area contributed by atoms with E-state index in [9.17, 15) is 9.90 Å². The van der Waals surface area contributed by atoms with Crippen molar-refractivity contribution in [3.05, 3.63) is 29.3 Å². The number of rotatable bonds is 4. The van der Waals surface area contributed by atoms with Gasteiger partial charge in [0.25, 0.3) is 5.91 Å². The second-order valence-electron chi connectivity index (χ2n) is 5.88. The van der Waals surface area contributed by atoms with E-state index >= 15 is 0 Å². The van der Waals surface area contributed by atoms with Crippen LogP contribution in [0.2, 0.25) is 0 Å². The van der Waals surface area contributed by atoms with Crippen LogP contribution in [0.4, 0.5) is 0 Å². The van der Waals surface area contributed by atoms with Gasteiger partial charge in [-0.3, -0.25) is 9.69 Å². The molecule has 1 unspecified atom stereocenters. The zero-order valence-corrected chi connectivity index (χ0v) is 12.9. The predicted octanol–water partition coefficient (Wildman–Crippen LogP) is 1.05. The van der Waals surface area contributed by atoms with Gasteiger partial charge in [-0.25, -0.2) is 0 Å². The van der Waals surface area contributed by atoms with E-state index in [1.54, 1.807) is 25.1 Å². The third-order valence-corrected chi connectivity index (χ3v) is 4.17. The van der Waals surface area contributed by atoms with E-state index in [-0.39, 0.29) is 11.7 Å². The van der Waals surface area contributed by atoms with Gasteiger partial charge in [-0.15, -0.1) is 0 Å². The minimum absolute atomic E-state index is 0.00919. The number of hydrogen-bond acceptors (Lipinski definition) is 4. The second-order valence-corrected chi connectivity index (χ2v) is 5.88. The summed E-state index contributed by atoms with van der Waals surface area (Å²) in [5.74, 6) is 0.673. The highest BCUT2D eigenvalue weighted by atomic mass is 16.3. The molecule has 1 aliphatic heterocycles. The molecule has 0 aliphatic carbocycles. The van der Waals surface area contributed by atoms with Gasteiger partial charge in [0.1, 0.15) is 5.75 Å². The van der Waals surface area contributed by atoms with E-state index < -0.39 is 0 Å². The van der Waals surface area contributed by atoms with Gasteiger partial charge in [0.15, 0.2) is 0 Å². The van der Waals surface area contributed by atoms with Crippen molar-refractivity contribution in [3.63, 3.8) is 0 Å². The Hall–Kier alpha value is -1.59. The van der Waals surface area contributed by atoms with Gasteiger partial charge < -0.3 is 15.7 Å². The third kappa shape index (κ3) is 3.74. The van der Waals surface area contributed by atoms with Crippen LogP contribution in [0.25, 0.3) is 0 Å². The number of benzene rings is 1. The summed E-state index contributed by atoms with van der Waals surface area (Å²) in [5.41, 5.74) is 6.91. The molecule has 1 saturated heterocycles. The summed E-state index contributed by atoms with van der Waals surface area (Å²) < 4.78 is 0. The molecule has 0 radical (unpaired) electrons. The summed E-state index contributed by atoms with van der Waals surface area (Å²) in [6, 6.07) is 5.10. The van der Waals surface area contributed by atoms with Gasteiger partial charge in [0.05, 0.1) is 0 Å². The lowest BCUT2D eigenvalue weighted by atomic mass is 10.1. The van der Waals surface area contributed by atoms with Crippen LogP contribution in [0.1, 0.15) is 22.8 Å². The van der Waals surface area contributed by atoms with Crippen LogP contribution in [0.3, 0.4) is 0 Å². The normalized spacial score (nSPS) is 17.8. The van der Waals surface area contributed by atoms with Gasteiger partial charge in [0.2, 0.25) is 0 Å². The van der Waals surface area contributed by atoms with E-state index in [1.165, 1.54) is 0 Å². The molecule has 3 N–H and O–H groups in total. The Morgan fingerprint density at radius 3 is 2.62 bits per heavy atom. The Balaban J connectivity index is 1.96. The zero-order chi connectivity index (χ0) is 15.4. The fourth-order valence-corrected chi connectivity index (χ4v) is 2.67. The van der Waals surface area contributed by atoms with Gasteiger partial charge in [0, 0.05) is 43.9 Å². The lowest BCUT2D eigenvalue weighted by Crippen LogP contribution is -2.50. The first-order chi connectivity index (χ1) is 10.0. The standard InChI is InChI=1S/C16H25N3O2/c1-12(10-17)11-18-6-8-19(9-7-18)16(21)14-4-3-5-15(20)13(14)2/h3-5,12,20H,6-11,17H2,1-2H3. The highest BCUT2D eigenvalue weighted by molar-refractivity contribution is 5.96. The molecule has 0 aromatic heterocycles. The SMILES string of the molecule is Cc1c(O)cccc1C(=O)N1CCN(CC(C)CN)CC1. The Bertz CT molecular complexity index is 496. The third-order valence-electron chi connectivity index (χ3n) is 4.17. The van der Waals surface area contributed by atoms with Gasteiger partial charge in [-0.1, -0.05) is 13.0 Å². The fourth-order valence-electron chi connectivity index (χ4n) is 2.67. The maximum Gasteiger partial charge on any atom is 0.254 e. The Kier molecular flexibility index (Phi) is 5.20. The van der Waals surface area contributed by atoms with Crippen LogP contribution >= 0.6 is 0 Å². The summed E-state index contributed by atoms with van der Waals surface area (Å²) in [6.45, 7) is 8.83. The summed E-state index contributed by atoms with van der Waals surface area (Å²) in [4.78, 5) is 16.8. The Labute approximate surface area is 126 Å². The van der Waals surface area contributed by atoms with Crippen LogP contribution in [-0.2, 0) is 0 Å². The number of amides is 1. The number of phenolic OH excluding ortho intramolecular Hbond substituents is 1. The van der Waals surface area contributed by atoms with E-state index in [4.69, 9.17) is 5.73 Å². The second kappa shape index (κ2) is 6.91. The fraction of sp³-hybridized carbons (Fsp3) is 0.562. The zero-order valence-electron chi connectivity index (χ0n) is 12.9. The first kappa shape index (κ1) is 15.8. The average molecular weight is 291 g/mol. The summed E-state index contributed by atoms with van der Waals surface area (Å²) >= 11 is 0. The summed E-state index contributed by atoms with van der Waals surface area (Å²) in [7, 11) is 0. The van der Waals surface area contributed by atoms with Crippen molar-refractivity contribution in [1.82, 2.24) is 9.80 Å². The molecule has 1 heterocycles. The molecule has 2 rings (SSSR count). The number of piperazine rings is 1. The topological polar surface area (TPSA) is 69.8 Å². The molecule has 1 atom stereocenters. The van der Waals surface area contributed by atoms with E-state index in [0.717, 1.165) is 32.7 Å². The van der Waals surface area contributed by atoms with E-state index in [2.05, 4.69) is 11.8 Å². The Morgan fingerprint density at radius 2 is 2.00 bits per heavy atom. The number of nitrogens with zero attached hydrogens (tertiary/aromatic N) is 2. The number of carbonyl (C=O) groups excluding carboxylic acids is 1. The lowest BCUT2D eigenvalue weighted by molar-refractivity contribution is 0.0621. The van der Waals surface area contributed by atoms with Crippen molar-refractivity contribution in [3.8, 4) is 5.75 Å². The molecule has 1 fully saturated rings. The molecule has 1 aliphatic rings. The van der Waals surface area contributed by atoms with Crippen molar-refractivity contribution in [1.29, 1.82) is 0 Å². The molecule has 0 spiro atoms. The van der Waals surface area contributed by atoms with Crippen molar-refractivity contribution >= 4 is 5.91 Å². The monoisotopic (exact) mass is 291 g/mol. The molecule has 116 valence electrons. The molecule has 1 aromatic rings. The van der Waals surface area contributed by atoms with Crippen LogP contribution in [0.15, 0.2) is 18.2 Å². The maximum absolute atomic E-state index is 12.5. The lowest BCUT2D eigenvalue weighted by Gasteiger charge is -2.36. The van der Waals surface area contributed by atoms with Gasteiger partial charge >= 0.3 is 0 Å². The molecular formula is C16H25N3O2. The number of hydrogen-bond donors (Lipinski definition) is 2. The predicted molar refractivity (Wildman–Crippen MR) is 83.4 cm³/mol. The van der Waals surface area contributed by atoms with Crippen LogP contribution in [0, 0.1) is 12.8 Å². The van der Waals surface area contributed by atoms with Crippen molar-refractivity contribution in [2.45, 2.75) is 13.8 Å². The summed E-state index contributed by atoms with van der Waals surface area (Å²) in [5, 5.41) is 9.72. The molecule has 1 amide bonds. The molecule has 5 nitrogen and oxygen atoms in total. The number of phenols is 1. The first-order valence-corrected chi connectivity index (χ1v) is 7.53. The molecule has 5 heteroatoms. The van der Waals surface area contributed by atoms with Gasteiger partial charge in [-0.05, 0) is 31.5 Å². The van der Waals surface area contributed by atoms with E-state index in [0.29, 0.717) is 23.6 Å². The van der Waals surface area contributed by atoms with Crippen molar-refractivity contribution in [2.24, 2.45) is 11.7 Å². The van der Waals surface area contributed by atoms with E-state index in [1.807, 2.05) is 4.90 Å². The summed E-state index contributed by atoms with van der Waals surface area (Å²) in [6.07, 6.45) is 0. The minimum Gasteiger partial charge on any atom is -0.508 e. The molecule has 0 bridgehead atoms. The van der Waals surface area contributed by atoms with Crippen LogP contribution in [0.5, 0.6) is 5.75 Å². The van der Waals surface area contributed by atoms with Crippen molar-refractivity contribution < 1.29 is 9.90 Å². The Morgan fingerprint density at radius 1 is 1.33 bits per heavy atom. The quantitative estimate of drug-likeness (QED) is 0.870. The highest BCUT2D eigenvalue weighted by Crippen LogP contribution is 2.21. The van der Waals surface area contributed by atoms with Crippen LogP contribution < -0.4 is 5.73 Å². The van der Waals surface area contributed by atoms with Crippen molar-refractivity contribution in [2.75, 3.05) is 39.3 Å². The smallest absolute Gasteiger partial charge is 0.254 e. The highest BCUT2D eigenvalue weighted by Gasteiger charge is 2.24. The first-order valence-electron chi connectivity index (χ1n) is 7.53. The largest absolute Gasteiger partial charge is 0.508 e. The van der Waals surface area contributed by atoms with Crippen LogP contribution in [-0.4, -0.2) is 60.1 Å². The minimum atomic E-state index is 0.00919. The maximum atomic E-state index is 12.5. The molecule has 21 heavy (non-hydrogen) atoms. The molecule has 1 aromatic carbocycles.